The summed E-state index contributed by atoms with van der Waals surface area (Å²) < 4.78 is 33.3. The molecule has 0 saturated heterocycles. The first kappa shape index (κ1) is 19.8. The lowest BCUT2D eigenvalue weighted by atomic mass is 10.2. The molecule has 2 aromatic carbocycles. The number of carbonyl (C=O) groups excluding carboxylic acids is 1. The van der Waals surface area contributed by atoms with Gasteiger partial charge in [-0.3, -0.25) is 9.52 Å². The van der Waals surface area contributed by atoms with Gasteiger partial charge in [-0.05, 0) is 48.7 Å². The average Bonchev–Trinajstić information content (AvgIpc) is 3.42. The van der Waals surface area contributed by atoms with Crippen molar-refractivity contribution in [1.29, 1.82) is 0 Å². The molecule has 0 bridgehead atoms. The van der Waals surface area contributed by atoms with Gasteiger partial charge in [0.1, 0.15) is 9.77 Å². The molecule has 0 unspecified atom stereocenters. The quantitative estimate of drug-likeness (QED) is 0.465. The zero-order valence-corrected chi connectivity index (χ0v) is 17.3. The summed E-state index contributed by atoms with van der Waals surface area (Å²) in [6.07, 6.45) is 1.21. The van der Waals surface area contributed by atoms with E-state index in [0.29, 0.717) is 22.8 Å². The van der Waals surface area contributed by atoms with Gasteiger partial charge >= 0.3 is 0 Å². The summed E-state index contributed by atoms with van der Waals surface area (Å²) in [7, 11) is -3.93. The fourth-order valence-corrected chi connectivity index (χ4v) is 5.11. The largest absolute Gasteiger partial charge is 0.423 e. The summed E-state index contributed by atoms with van der Waals surface area (Å²) in [5, 5.41) is 11.7. The maximum absolute atomic E-state index is 12.8. The van der Waals surface area contributed by atoms with Gasteiger partial charge in [-0.15, -0.1) is 21.5 Å². The number of carbonyl (C=O) groups is 1. The molecule has 2 N–H and O–H groups in total. The number of benzene rings is 2. The van der Waals surface area contributed by atoms with Gasteiger partial charge in [0.05, 0.1) is 0 Å². The Morgan fingerprint density at radius 1 is 1.07 bits per heavy atom. The lowest BCUT2D eigenvalue weighted by molar-refractivity contribution is 0.102. The van der Waals surface area contributed by atoms with E-state index in [-0.39, 0.29) is 9.77 Å². The van der Waals surface area contributed by atoms with Gasteiger partial charge in [0, 0.05) is 16.9 Å². The van der Waals surface area contributed by atoms with E-state index >= 15 is 0 Å². The second-order valence-corrected chi connectivity index (χ2v) is 8.93. The van der Waals surface area contributed by atoms with Gasteiger partial charge in [-0.25, -0.2) is 8.42 Å². The Morgan fingerprint density at radius 2 is 1.87 bits per heavy atom. The topological polar surface area (TPSA) is 114 Å². The van der Waals surface area contributed by atoms with Crippen molar-refractivity contribution in [3.8, 4) is 11.5 Å². The molecule has 30 heavy (non-hydrogen) atoms. The molecule has 2 aromatic heterocycles. The van der Waals surface area contributed by atoms with Gasteiger partial charge < -0.3 is 9.73 Å². The first-order chi connectivity index (χ1) is 14.4. The summed E-state index contributed by atoms with van der Waals surface area (Å²) in [5.74, 6) is -0.218. The average molecular weight is 441 g/mol. The van der Waals surface area contributed by atoms with Crippen molar-refractivity contribution in [2.75, 3.05) is 10.0 Å². The highest BCUT2D eigenvalue weighted by Gasteiger charge is 2.24. The van der Waals surface area contributed by atoms with Crippen LogP contribution in [0.4, 0.5) is 11.4 Å². The minimum atomic E-state index is -3.93. The zero-order valence-electron chi connectivity index (χ0n) is 15.7. The molecule has 0 saturated carbocycles. The maximum atomic E-state index is 12.8. The van der Waals surface area contributed by atoms with Gasteiger partial charge in [0.15, 0.2) is 0 Å². The van der Waals surface area contributed by atoms with E-state index in [1.807, 2.05) is 6.92 Å². The van der Waals surface area contributed by atoms with E-state index in [9.17, 15) is 13.2 Å². The van der Waals surface area contributed by atoms with Crippen LogP contribution in [-0.2, 0) is 10.0 Å². The summed E-state index contributed by atoms with van der Waals surface area (Å²) >= 11 is 1.05. The second-order valence-electron chi connectivity index (χ2n) is 6.36. The molecule has 10 heteroatoms. The smallest absolute Gasteiger partial charge is 0.267 e. The third-order valence-corrected chi connectivity index (χ3v) is 6.62. The van der Waals surface area contributed by atoms with E-state index in [1.54, 1.807) is 53.9 Å². The van der Waals surface area contributed by atoms with Crippen molar-refractivity contribution in [2.24, 2.45) is 0 Å². The van der Waals surface area contributed by atoms with E-state index in [1.165, 1.54) is 12.5 Å². The minimum Gasteiger partial charge on any atom is -0.423 e. The van der Waals surface area contributed by atoms with Crippen LogP contribution >= 0.6 is 11.3 Å². The third kappa shape index (κ3) is 4.24. The summed E-state index contributed by atoms with van der Waals surface area (Å²) in [6.45, 7) is 1.91. The number of amides is 1. The van der Waals surface area contributed by atoms with Crippen molar-refractivity contribution in [1.82, 2.24) is 10.2 Å². The van der Waals surface area contributed by atoms with Gasteiger partial charge in [-0.1, -0.05) is 23.8 Å². The number of aromatic nitrogens is 2. The highest BCUT2D eigenvalue weighted by molar-refractivity contribution is 7.93. The van der Waals surface area contributed by atoms with Crippen LogP contribution in [-0.4, -0.2) is 24.5 Å². The number of aryl methyl sites for hydroxylation is 1. The van der Waals surface area contributed by atoms with E-state index in [4.69, 9.17) is 4.42 Å². The number of sulfonamides is 1. The Hall–Kier alpha value is -3.50. The van der Waals surface area contributed by atoms with Crippen LogP contribution in [0.3, 0.4) is 0 Å². The van der Waals surface area contributed by atoms with E-state index < -0.39 is 15.9 Å². The van der Waals surface area contributed by atoms with Crippen LogP contribution in [0.1, 0.15) is 15.2 Å². The van der Waals surface area contributed by atoms with Crippen LogP contribution in [0, 0.1) is 6.92 Å². The summed E-state index contributed by atoms with van der Waals surface area (Å²) in [4.78, 5) is 12.8. The van der Waals surface area contributed by atoms with E-state index in [2.05, 4.69) is 20.2 Å². The number of rotatable bonds is 6. The summed E-state index contributed by atoms with van der Waals surface area (Å²) in [6, 6.07) is 15.2. The predicted octanol–water partition coefficient (Wildman–Crippen LogP) is 4.16. The van der Waals surface area contributed by atoms with Crippen LogP contribution < -0.4 is 10.0 Å². The van der Waals surface area contributed by atoms with Crippen molar-refractivity contribution in [3.05, 3.63) is 76.8 Å². The molecule has 1 amide bonds. The first-order valence-electron chi connectivity index (χ1n) is 8.77. The van der Waals surface area contributed by atoms with Gasteiger partial charge in [0.25, 0.3) is 15.9 Å². The monoisotopic (exact) mass is 440 g/mol. The fraction of sp³-hybridized carbons (Fsp3) is 0.0500. The Balaban J connectivity index is 1.56. The number of nitrogens with one attached hydrogen (secondary N) is 2. The molecule has 0 aliphatic rings. The lowest BCUT2D eigenvalue weighted by Gasteiger charge is -2.10. The molecule has 0 aliphatic carbocycles. The Morgan fingerprint density at radius 3 is 2.60 bits per heavy atom. The molecule has 0 radical (unpaired) electrons. The molecule has 4 rings (SSSR count). The normalized spacial score (nSPS) is 11.2. The molecule has 4 aromatic rings. The van der Waals surface area contributed by atoms with Gasteiger partial charge in [0.2, 0.25) is 12.3 Å². The number of anilines is 2. The molecule has 8 nitrogen and oxygen atoms in total. The van der Waals surface area contributed by atoms with Gasteiger partial charge in [-0.2, -0.15) is 0 Å². The van der Waals surface area contributed by atoms with Crippen molar-refractivity contribution < 1.29 is 17.6 Å². The van der Waals surface area contributed by atoms with Crippen molar-refractivity contribution in [2.45, 2.75) is 11.8 Å². The fourth-order valence-electron chi connectivity index (χ4n) is 2.72. The van der Waals surface area contributed by atoms with Crippen LogP contribution in [0.15, 0.2) is 75.7 Å². The molecule has 0 spiro atoms. The number of hydrogen-bond acceptors (Lipinski definition) is 7. The van der Waals surface area contributed by atoms with Crippen molar-refractivity contribution >= 4 is 38.6 Å². The SMILES string of the molecule is Cc1ccc(NS(=O)(=O)c2ccsc2C(=O)Nc2cccc(-c3nnco3)c2)cc1. The molecule has 2 heterocycles. The number of thiophene rings is 1. The predicted molar refractivity (Wildman–Crippen MR) is 114 cm³/mol. The molecular formula is C20H16N4O4S2. The molecule has 0 atom stereocenters. The van der Waals surface area contributed by atoms with Crippen molar-refractivity contribution in [3.63, 3.8) is 0 Å². The Kier molecular flexibility index (Phi) is 5.34. The highest BCUT2D eigenvalue weighted by Crippen LogP contribution is 2.27. The number of hydrogen-bond donors (Lipinski definition) is 2. The van der Waals surface area contributed by atoms with Crippen LogP contribution in [0.5, 0.6) is 0 Å². The Labute approximate surface area is 176 Å². The number of nitrogens with zero attached hydrogens (tertiary/aromatic N) is 2. The zero-order chi connectivity index (χ0) is 21.1. The summed E-state index contributed by atoms with van der Waals surface area (Å²) in [5.41, 5.74) is 2.53. The van der Waals surface area contributed by atoms with Crippen LogP contribution in [0.2, 0.25) is 0 Å². The highest BCUT2D eigenvalue weighted by atomic mass is 32.2. The van der Waals surface area contributed by atoms with Crippen LogP contribution in [0.25, 0.3) is 11.5 Å². The van der Waals surface area contributed by atoms with E-state index in [0.717, 1.165) is 16.9 Å². The minimum absolute atomic E-state index is 0.0813. The molecular weight excluding hydrogens is 424 g/mol. The first-order valence-corrected chi connectivity index (χ1v) is 11.1. The Bertz CT molecular complexity index is 1280. The second kappa shape index (κ2) is 8.09. The maximum Gasteiger partial charge on any atom is 0.267 e. The molecule has 152 valence electrons. The molecule has 0 fully saturated rings. The third-order valence-electron chi connectivity index (χ3n) is 4.16. The lowest BCUT2D eigenvalue weighted by Crippen LogP contribution is -2.18. The standard InChI is InChI=1S/C20H16N4O4S2/c1-13-5-7-15(8-6-13)24-30(26,27)17-9-10-29-18(17)19(25)22-16-4-2-3-14(11-16)20-23-21-12-28-20/h2-12,24H,1H3,(H,22,25). The molecule has 0 aliphatic heterocycles.